The third-order valence-electron chi connectivity index (χ3n) is 4.66. The first-order valence-corrected chi connectivity index (χ1v) is 8.60. The fourth-order valence-electron chi connectivity index (χ4n) is 3.17. The molecule has 23 heavy (non-hydrogen) atoms. The van der Waals surface area contributed by atoms with Crippen molar-refractivity contribution < 1.29 is 5.11 Å². The van der Waals surface area contributed by atoms with Crippen molar-refractivity contribution in [1.82, 2.24) is 24.5 Å². The van der Waals surface area contributed by atoms with E-state index < -0.39 is 6.10 Å². The molecule has 3 rings (SSSR count). The Labute approximate surface area is 137 Å². The molecule has 0 spiro atoms. The summed E-state index contributed by atoms with van der Waals surface area (Å²) in [5.41, 5.74) is 4.57. The smallest absolute Gasteiger partial charge is 0.0975 e. The number of hydrogen-bond donors (Lipinski definition) is 1. The lowest BCUT2D eigenvalue weighted by Gasteiger charge is -2.27. The van der Waals surface area contributed by atoms with E-state index >= 15 is 0 Å². The topological polar surface area (TPSA) is 59.1 Å². The Balaban J connectivity index is 1.69. The van der Waals surface area contributed by atoms with Crippen LogP contribution in [0.15, 0.2) is 12.3 Å². The lowest BCUT2D eigenvalue weighted by atomic mass is 10.2. The molecule has 6 nitrogen and oxygen atoms in total. The third-order valence-corrected chi connectivity index (χ3v) is 4.66. The van der Waals surface area contributed by atoms with Crippen LogP contribution in [-0.2, 0) is 26.2 Å². The van der Waals surface area contributed by atoms with Crippen molar-refractivity contribution in [1.29, 1.82) is 0 Å². The van der Waals surface area contributed by atoms with Crippen LogP contribution in [-0.4, -0.2) is 36.1 Å². The van der Waals surface area contributed by atoms with Crippen LogP contribution in [0, 0.1) is 6.92 Å². The maximum Gasteiger partial charge on any atom is 0.0975 e. The minimum atomic E-state index is -0.448. The van der Waals surface area contributed by atoms with Crippen LogP contribution in [0.4, 0.5) is 0 Å². The van der Waals surface area contributed by atoms with Crippen molar-refractivity contribution in [3.05, 3.63) is 34.9 Å². The van der Waals surface area contributed by atoms with Crippen molar-refractivity contribution in [3.8, 4) is 0 Å². The van der Waals surface area contributed by atoms with E-state index in [4.69, 9.17) is 0 Å². The molecular weight excluding hydrogens is 290 g/mol. The van der Waals surface area contributed by atoms with E-state index in [9.17, 15) is 5.11 Å². The normalized spacial score (nSPS) is 16.5. The molecule has 2 aromatic heterocycles. The first-order chi connectivity index (χ1) is 11.1. The second kappa shape index (κ2) is 6.84. The molecule has 2 aromatic rings. The predicted molar refractivity (Wildman–Crippen MR) is 88.8 cm³/mol. The predicted octanol–water partition coefficient (Wildman–Crippen LogP) is 2.26. The van der Waals surface area contributed by atoms with Crippen LogP contribution in [0.2, 0.25) is 0 Å². The van der Waals surface area contributed by atoms with Gasteiger partial charge in [0.05, 0.1) is 30.2 Å². The standard InChI is InChI=1S/C17H27N5O/c1-4-6-21-13(3)14(10-18-21)11-20-7-8-22-15(12-20)9-16(19-22)17(23)5-2/h9-10,17,23H,4-8,11-12H2,1-3H3/t17-/m1/s1. The lowest BCUT2D eigenvalue weighted by Crippen LogP contribution is -2.33. The summed E-state index contributed by atoms with van der Waals surface area (Å²) in [6.45, 7) is 11.0. The summed E-state index contributed by atoms with van der Waals surface area (Å²) >= 11 is 0. The van der Waals surface area contributed by atoms with Gasteiger partial charge in [-0.15, -0.1) is 0 Å². The zero-order chi connectivity index (χ0) is 16.4. The highest BCUT2D eigenvalue weighted by Crippen LogP contribution is 2.21. The van der Waals surface area contributed by atoms with E-state index in [2.05, 4.69) is 33.6 Å². The van der Waals surface area contributed by atoms with Crippen molar-refractivity contribution >= 4 is 0 Å². The van der Waals surface area contributed by atoms with Gasteiger partial charge in [-0.1, -0.05) is 13.8 Å². The summed E-state index contributed by atoms with van der Waals surface area (Å²) in [4.78, 5) is 2.43. The third kappa shape index (κ3) is 3.33. The van der Waals surface area contributed by atoms with Gasteiger partial charge in [-0.25, -0.2) is 0 Å². The Morgan fingerprint density at radius 2 is 2.13 bits per heavy atom. The zero-order valence-electron chi connectivity index (χ0n) is 14.4. The van der Waals surface area contributed by atoms with Gasteiger partial charge >= 0.3 is 0 Å². The van der Waals surface area contributed by atoms with Crippen molar-refractivity contribution in [2.24, 2.45) is 0 Å². The molecule has 0 aromatic carbocycles. The van der Waals surface area contributed by atoms with Gasteiger partial charge in [-0.3, -0.25) is 14.3 Å². The van der Waals surface area contributed by atoms with Gasteiger partial charge in [0.1, 0.15) is 0 Å². The highest BCUT2D eigenvalue weighted by Gasteiger charge is 2.21. The Bertz CT molecular complexity index is 660. The van der Waals surface area contributed by atoms with Crippen LogP contribution in [0.3, 0.4) is 0 Å². The summed E-state index contributed by atoms with van der Waals surface area (Å²) in [7, 11) is 0. The second-order valence-electron chi connectivity index (χ2n) is 6.40. The fraction of sp³-hybridized carbons (Fsp3) is 0.647. The number of hydrogen-bond acceptors (Lipinski definition) is 4. The lowest BCUT2D eigenvalue weighted by molar-refractivity contribution is 0.166. The largest absolute Gasteiger partial charge is 0.387 e. The van der Waals surface area contributed by atoms with Crippen LogP contribution in [0.1, 0.15) is 55.4 Å². The second-order valence-corrected chi connectivity index (χ2v) is 6.40. The number of aliphatic hydroxyl groups is 1. The van der Waals surface area contributed by atoms with Gasteiger partial charge in [0.2, 0.25) is 0 Å². The Morgan fingerprint density at radius 3 is 2.87 bits per heavy atom. The van der Waals surface area contributed by atoms with Crippen LogP contribution >= 0.6 is 0 Å². The molecule has 0 amide bonds. The SMILES string of the molecule is CCCn1ncc(CN2CCn3nc([C@H](O)CC)cc3C2)c1C. The van der Waals surface area contributed by atoms with Crippen molar-refractivity contribution in [3.63, 3.8) is 0 Å². The van der Waals surface area contributed by atoms with Gasteiger partial charge in [-0.05, 0) is 25.8 Å². The van der Waals surface area contributed by atoms with Crippen molar-refractivity contribution in [2.45, 2.75) is 65.9 Å². The molecule has 1 aliphatic heterocycles. The molecular formula is C17H27N5O. The maximum atomic E-state index is 9.97. The minimum absolute atomic E-state index is 0.448. The summed E-state index contributed by atoms with van der Waals surface area (Å²) in [5, 5.41) is 19.0. The van der Waals surface area contributed by atoms with E-state index in [0.717, 1.165) is 44.8 Å². The summed E-state index contributed by atoms with van der Waals surface area (Å²) in [5.74, 6) is 0. The fourth-order valence-corrected chi connectivity index (χ4v) is 3.17. The first-order valence-electron chi connectivity index (χ1n) is 8.60. The number of nitrogens with zero attached hydrogens (tertiary/aromatic N) is 5. The molecule has 0 saturated carbocycles. The molecule has 126 valence electrons. The summed E-state index contributed by atoms with van der Waals surface area (Å²) in [6, 6.07) is 2.05. The highest BCUT2D eigenvalue weighted by atomic mass is 16.3. The molecule has 0 fully saturated rings. The maximum absolute atomic E-state index is 9.97. The van der Waals surface area contributed by atoms with E-state index in [1.54, 1.807) is 0 Å². The Hall–Kier alpha value is -1.66. The molecule has 0 radical (unpaired) electrons. The highest BCUT2D eigenvalue weighted by molar-refractivity contribution is 5.18. The molecule has 0 aliphatic carbocycles. The van der Waals surface area contributed by atoms with Crippen LogP contribution in [0.5, 0.6) is 0 Å². The van der Waals surface area contributed by atoms with Gasteiger partial charge in [-0.2, -0.15) is 10.2 Å². The summed E-state index contributed by atoms with van der Waals surface area (Å²) in [6.07, 6.45) is 3.36. The van der Waals surface area contributed by atoms with Crippen molar-refractivity contribution in [2.75, 3.05) is 6.54 Å². The Kier molecular flexibility index (Phi) is 4.82. The van der Waals surface area contributed by atoms with E-state index in [-0.39, 0.29) is 0 Å². The minimum Gasteiger partial charge on any atom is -0.387 e. The number of rotatable bonds is 6. The van der Waals surface area contributed by atoms with Gasteiger partial charge in [0.25, 0.3) is 0 Å². The number of fused-ring (bicyclic) bond motifs is 1. The number of aryl methyl sites for hydroxylation is 1. The van der Waals surface area contributed by atoms with E-state index in [1.807, 2.05) is 23.9 Å². The van der Waals surface area contributed by atoms with Gasteiger partial charge in [0.15, 0.2) is 0 Å². The molecule has 0 unspecified atom stereocenters. The first kappa shape index (κ1) is 16.2. The molecule has 6 heteroatoms. The molecule has 1 atom stereocenters. The quantitative estimate of drug-likeness (QED) is 0.888. The van der Waals surface area contributed by atoms with E-state index in [0.29, 0.717) is 6.42 Å². The van der Waals surface area contributed by atoms with Crippen LogP contribution < -0.4 is 0 Å². The monoisotopic (exact) mass is 317 g/mol. The molecule has 0 saturated heterocycles. The number of aromatic nitrogens is 4. The average molecular weight is 317 g/mol. The van der Waals surface area contributed by atoms with Gasteiger partial charge in [0, 0.05) is 37.4 Å². The van der Waals surface area contributed by atoms with E-state index in [1.165, 1.54) is 17.0 Å². The zero-order valence-corrected chi connectivity index (χ0v) is 14.4. The average Bonchev–Trinajstić information content (AvgIpc) is 3.12. The van der Waals surface area contributed by atoms with Gasteiger partial charge < -0.3 is 5.11 Å². The number of aliphatic hydroxyl groups excluding tert-OH is 1. The molecule has 3 heterocycles. The molecule has 0 bridgehead atoms. The molecule has 1 aliphatic rings. The van der Waals surface area contributed by atoms with Crippen LogP contribution in [0.25, 0.3) is 0 Å². The Morgan fingerprint density at radius 1 is 1.30 bits per heavy atom. The summed E-state index contributed by atoms with van der Waals surface area (Å²) < 4.78 is 4.14. The molecule has 1 N–H and O–H groups in total.